The van der Waals surface area contributed by atoms with Gasteiger partial charge in [0.1, 0.15) is 5.82 Å². The van der Waals surface area contributed by atoms with Gasteiger partial charge in [0.25, 0.3) is 0 Å². The normalized spacial score (nSPS) is 10.8. The molecule has 0 unspecified atom stereocenters. The van der Waals surface area contributed by atoms with Crippen LogP contribution in [-0.2, 0) is 13.1 Å². The van der Waals surface area contributed by atoms with Crippen LogP contribution in [0, 0.1) is 6.92 Å². The van der Waals surface area contributed by atoms with Crippen LogP contribution >= 0.6 is 15.9 Å². The first kappa shape index (κ1) is 13.2. The van der Waals surface area contributed by atoms with E-state index in [1.807, 2.05) is 31.5 Å². The molecule has 0 radical (unpaired) electrons. The predicted molar refractivity (Wildman–Crippen MR) is 75.4 cm³/mol. The van der Waals surface area contributed by atoms with E-state index in [4.69, 9.17) is 0 Å². The summed E-state index contributed by atoms with van der Waals surface area (Å²) in [5.41, 5.74) is 2.23. The second kappa shape index (κ2) is 6.11. The zero-order valence-corrected chi connectivity index (χ0v) is 12.2. The number of hydrogen-bond acceptors (Lipinski definition) is 3. The van der Waals surface area contributed by atoms with Crippen LogP contribution in [0.25, 0.3) is 0 Å². The Kier molecular flexibility index (Phi) is 4.49. The minimum atomic E-state index is 0.764. The average Bonchev–Trinajstić information content (AvgIpc) is 2.71. The van der Waals surface area contributed by atoms with Gasteiger partial charge in [-0.2, -0.15) is 0 Å². The van der Waals surface area contributed by atoms with Gasteiger partial charge in [-0.25, -0.2) is 4.98 Å². The van der Waals surface area contributed by atoms with Gasteiger partial charge in [-0.15, -0.1) is 0 Å². The molecule has 2 heterocycles. The molecular weight excluding hydrogens is 292 g/mol. The Morgan fingerprint density at radius 3 is 2.78 bits per heavy atom. The highest BCUT2D eigenvalue weighted by Gasteiger charge is 2.07. The number of rotatable bonds is 5. The maximum atomic E-state index is 4.40. The van der Waals surface area contributed by atoms with Gasteiger partial charge in [0, 0.05) is 23.4 Å². The molecule has 2 rings (SSSR count). The van der Waals surface area contributed by atoms with Crippen molar-refractivity contribution in [1.29, 1.82) is 0 Å². The highest BCUT2D eigenvalue weighted by Crippen LogP contribution is 2.11. The lowest BCUT2D eigenvalue weighted by Gasteiger charge is -2.10. The summed E-state index contributed by atoms with van der Waals surface area (Å²) in [6, 6.07) is 4.04. The van der Waals surface area contributed by atoms with E-state index < -0.39 is 0 Å². The zero-order chi connectivity index (χ0) is 13.0. The zero-order valence-electron chi connectivity index (χ0n) is 10.7. The van der Waals surface area contributed by atoms with E-state index in [0.29, 0.717) is 0 Å². The first-order valence-electron chi connectivity index (χ1n) is 6.03. The van der Waals surface area contributed by atoms with Crippen molar-refractivity contribution in [3.8, 4) is 0 Å². The van der Waals surface area contributed by atoms with Crippen molar-refractivity contribution in [2.45, 2.75) is 26.9 Å². The molecule has 0 fully saturated rings. The molecule has 18 heavy (non-hydrogen) atoms. The Morgan fingerprint density at radius 2 is 2.11 bits per heavy atom. The van der Waals surface area contributed by atoms with Crippen LogP contribution in [0.2, 0.25) is 0 Å². The van der Waals surface area contributed by atoms with Gasteiger partial charge < -0.3 is 9.88 Å². The fourth-order valence-corrected chi connectivity index (χ4v) is 2.02. The molecule has 0 atom stereocenters. The predicted octanol–water partition coefficient (Wildman–Crippen LogP) is 2.51. The number of hydrogen-bond donors (Lipinski definition) is 1. The van der Waals surface area contributed by atoms with Crippen molar-refractivity contribution in [3.05, 3.63) is 46.2 Å². The molecule has 4 nitrogen and oxygen atoms in total. The summed E-state index contributed by atoms with van der Waals surface area (Å²) in [6.45, 7) is 6.69. The molecule has 96 valence electrons. The summed E-state index contributed by atoms with van der Waals surface area (Å²) in [5.74, 6) is 1.02. The van der Waals surface area contributed by atoms with Gasteiger partial charge in [0.15, 0.2) is 0 Å². The molecule has 0 amide bonds. The Morgan fingerprint density at radius 1 is 1.28 bits per heavy atom. The highest BCUT2D eigenvalue weighted by molar-refractivity contribution is 9.10. The summed E-state index contributed by atoms with van der Waals surface area (Å²) < 4.78 is 3.19. The average molecular weight is 309 g/mol. The highest BCUT2D eigenvalue weighted by atomic mass is 79.9. The number of nitrogens with one attached hydrogen (secondary N) is 1. The molecular formula is C13H17BrN4. The number of pyridine rings is 1. The standard InChI is InChI=1S/C13H17BrN4/c1-3-15-7-13-8-16-10(2)18(13)9-12-5-4-11(14)6-17-12/h4-6,8,15H,3,7,9H2,1-2H3. The van der Waals surface area contributed by atoms with Gasteiger partial charge in [-0.3, -0.25) is 4.98 Å². The van der Waals surface area contributed by atoms with Crippen molar-refractivity contribution in [2.24, 2.45) is 0 Å². The van der Waals surface area contributed by atoms with Gasteiger partial charge in [-0.1, -0.05) is 6.92 Å². The fraction of sp³-hybridized carbons (Fsp3) is 0.385. The van der Waals surface area contributed by atoms with Gasteiger partial charge >= 0.3 is 0 Å². The molecule has 0 aliphatic heterocycles. The number of aryl methyl sites for hydroxylation is 1. The Labute approximate surface area is 116 Å². The third-order valence-electron chi connectivity index (χ3n) is 2.80. The topological polar surface area (TPSA) is 42.7 Å². The molecule has 0 saturated carbocycles. The molecule has 2 aromatic heterocycles. The lowest BCUT2D eigenvalue weighted by molar-refractivity contribution is 0.640. The van der Waals surface area contributed by atoms with E-state index in [2.05, 4.69) is 42.7 Å². The Hall–Kier alpha value is -1.20. The number of nitrogens with zero attached hydrogens (tertiary/aromatic N) is 3. The van der Waals surface area contributed by atoms with Crippen LogP contribution in [-0.4, -0.2) is 21.1 Å². The fourth-order valence-electron chi connectivity index (χ4n) is 1.79. The minimum Gasteiger partial charge on any atom is -0.325 e. The smallest absolute Gasteiger partial charge is 0.106 e. The van der Waals surface area contributed by atoms with Crippen LogP contribution in [0.1, 0.15) is 24.1 Å². The van der Waals surface area contributed by atoms with Crippen LogP contribution in [0.15, 0.2) is 29.0 Å². The second-order valence-corrected chi connectivity index (χ2v) is 5.05. The third kappa shape index (κ3) is 3.17. The number of aromatic nitrogens is 3. The summed E-state index contributed by atoms with van der Waals surface area (Å²) in [6.07, 6.45) is 3.75. The molecule has 0 saturated heterocycles. The molecule has 0 aliphatic rings. The molecule has 0 spiro atoms. The van der Waals surface area contributed by atoms with Crippen molar-refractivity contribution in [1.82, 2.24) is 19.9 Å². The van der Waals surface area contributed by atoms with Crippen LogP contribution in [0.3, 0.4) is 0 Å². The molecule has 2 aromatic rings. The summed E-state index contributed by atoms with van der Waals surface area (Å²) in [7, 11) is 0. The van der Waals surface area contributed by atoms with E-state index in [-0.39, 0.29) is 0 Å². The number of imidazole rings is 1. The molecule has 0 aromatic carbocycles. The maximum absolute atomic E-state index is 4.40. The number of halogens is 1. The van der Waals surface area contributed by atoms with E-state index >= 15 is 0 Å². The van der Waals surface area contributed by atoms with Crippen molar-refractivity contribution in [3.63, 3.8) is 0 Å². The third-order valence-corrected chi connectivity index (χ3v) is 3.27. The quantitative estimate of drug-likeness (QED) is 0.923. The van der Waals surface area contributed by atoms with Crippen LogP contribution in [0.5, 0.6) is 0 Å². The van der Waals surface area contributed by atoms with E-state index in [1.54, 1.807) is 0 Å². The molecule has 1 N–H and O–H groups in total. The van der Waals surface area contributed by atoms with Crippen molar-refractivity contribution < 1.29 is 0 Å². The van der Waals surface area contributed by atoms with Gasteiger partial charge in [0.2, 0.25) is 0 Å². The van der Waals surface area contributed by atoms with Crippen molar-refractivity contribution in [2.75, 3.05) is 6.54 Å². The Bertz CT molecular complexity index is 504. The molecule has 5 heteroatoms. The lowest BCUT2D eigenvalue weighted by atomic mass is 10.3. The summed E-state index contributed by atoms with van der Waals surface area (Å²) in [4.78, 5) is 8.77. The Balaban J connectivity index is 2.17. The molecule has 0 aliphatic carbocycles. The van der Waals surface area contributed by atoms with Crippen molar-refractivity contribution >= 4 is 15.9 Å². The second-order valence-electron chi connectivity index (χ2n) is 4.13. The maximum Gasteiger partial charge on any atom is 0.106 e. The van der Waals surface area contributed by atoms with Gasteiger partial charge in [-0.05, 0) is 41.5 Å². The van der Waals surface area contributed by atoms with Crippen LogP contribution in [0.4, 0.5) is 0 Å². The largest absolute Gasteiger partial charge is 0.325 e. The van der Waals surface area contributed by atoms with E-state index in [1.165, 1.54) is 5.69 Å². The summed E-state index contributed by atoms with van der Waals surface area (Å²) >= 11 is 3.39. The minimum absolute atomic E-state index is 0.764. The van der Waals surface area contributed by atoms with Crippen LogP contribution < -0.4 is 5.32 Å². The molecule has 0 bridgehead atoms. The lowest BCUT2D eigenvalue weighted by Crippen LogP contribution is -2.16. The van der Waals surface area contributed by atoms with Gasteiger partial charge in [0.05, 0.1) is 17.9 Å². The SMILES string of the molecule is CCNCc1cnc(C)n1Cc1ccc(Br)cn1. The summed E-state index contributed by atoms with van der Waals surface area (Å²) in [5, 5.41) is 3.32. The van der Waals surface area contributed by atoms with E-state index in [9.17, 15) is 0 Å². The first-order chi connectivity index (χ1) is 8.70. The van der Waals surface area contributed by atoms with E-state index in [0.717, 1.165) is 35.6 Å². The monoisotopic (exact) mass is 308 g/mol. The first-order valence-corrected chi connectivity index (χ1v) is 6.82.